The van der Waals surface area contributed by atoms with Crippen molar-refractivity contribution >= 4 is 44.9 Å². The molecule has 0 bridgehead atoms. The molecular weight excluding hydrogens is 466 g/mol. The van der Waals surface area contributed by atoms with Crippen molar-refractivity contribution in [2.45, 2.75) is 24.7 Å². The minimum Gasteiger partial charge on any atom is -0.336 e. The van der Waals surface area contributed by atoms with Crippen molar-refractivity contribution < 1.29 is 22.8 Å². The van der Waals surface area contributed by atoms with E-state index in [1.807, 2.05) is 0 Å². The van der Waals surface area contributed by atoms with Crippen molar-refractivity contribution in [1.82, 2.24) is 9.21 Å². The highest BCUT2D eigenvalue weighted by Gasteiger charge is 2.33. The molecule has 174 valence electrons. The third-order valence-corrected chi connectivity index (χ3v) is 8.09. The fraction of sp³-hybridized carbons (Fsp3) is 0.348. The summed E-state index contributed by atoms with van der Waals surface area (Å²) in [4.78, 5) is 40.4. The van der Waals surface area contributed by atoms with Crippen molar-refractivity contribution in [3.05, 3.63) is 58.6 Å². The van der Waals surface area contributed by atoms with Crippen LogP contribution in [0.15, 0.2) is 47.4 Å². The molecule has 8 nitrogen and oxygen atoms in total. The summed E-state index contributed by atoms with van der Waals surface area (Å²) in [7, 11) is -3.79. The molecule has 0 aliphatic carbocycles. The Morgan fingerprint density at radius 2 is 1.70 bits per heavy atom. The van der Waals surface area contributed by atoms with Gasteiger partial charge in [0, 0.05) is 49.7 Å². The third-order valence-electron chi connectivity index (χ3n) is 5.96. The molecule has 2 aromatic carbocycles. The van der Waals surface area contributed by atoms with E-state index in [4.69, 9.17) is 11.6 Å². The molecule has 0 radical (unpaired) electrons. The quantitative estimate of drug-likeness (QED) is 0.602. The molecule has 2 amide bonds. The fourth-order valence-corrected chi connectivity index (χ4v) is 5.77. The Labute approximate surface area is 197 Å². The van der Waals surface area contributed by atoms with Crippen LogP contribution in [0.4, 0.5) is 5.69 Å². The van der Waals surface area contributed by atoms with Gasteiger partial charge in [0.25, 0.3) is 5.91 Å². The summed E-state index contributed by atoms with van der Waals surface area (Å²) in [6, 6.07) is 10.8. The average molecular weight is 490 g/mol. The SMILES string of the molecule is CC(=O)c1cccc(S(=O)(=O)N2CCN(C(=O)c3ccc(Cl)cc3N3CCCC3=O)CC2)c1. The molecule has 2 heterocycles. The van der Waals surface area contributed by atoms with Gasteiger partial charge in [-0.3, -0.25) is 14.4 Å². The number of sulfonamides is 1. The highest BCUT2D eigenvalue weighted by Crippen LogP contribution is 2.30. The molecule has 2 aliphatic rings. The van der Waals surface area contributed by atoms with Gasteiger partial charge in [0.2, 0.25) is 15.9 Å². The number of benzene rings is 2. The van der Waals surface area contributed by atoms with E-state index in [1.165, 1.54) is 23.4 Å². The Kier molecular flexibility index (Phi) is 6.56. The first kappa shape index (κ1) is 23.4. The maximum Gasteiger partial charge on any atom is 0.256 e. The number of rotatable bonds is 5. The molecule has 0 N–H and O–H groups in total. The first-order chi connectivity index (χ1) is 15.7. The van der Waals surface area contributed by atoms with Gasteiger partial charge in [-0.25, -0.2) is 8.42 Å². The van der Waals surface area contributed by atoms with Crippen LogP contribution in [0.3, 0.4) is 0 Å². The molecule has 2 fully saturated rings. The zero-order valence-electron chi connectivity index (χ0n) is 18.2. The lowest BCUT2D eigenvalue weighted by Gasteiger charge is -2.34. The summed E-state index contributed by atoms with van der Waals surface area (Å²) >= 11 is 6.13. The Morgan fingerprint density at radius 1 is 0.970 bits per heavy atom. The number of hydrogen-bond donors (Lipinski definition) is 0. The number of ketones is 1. The van der Waals surface area contributed by atoms with E-state index in [2.05, 4.69) is 0 Å². The van der Waals surface area contributed by atoms with Gasteiger partial charge in [0.05, 0.1) is 16.1 Å². The summed E-state index contributed by atoms with van der Waals surface area (Å²) in [5.74, 6) is -0.523. The van der Waals surface area contributed by atoms with Crippen LogP contribution in [0.25, 0.3) is 0 Å². The Hall–Kier alpha value is -2.75. The van der Waals surface area contributed by atoms with Gasteiger partial charge < -0.3 is 9.80 Å². The highest BCUT2D eigenvalue weighted by atomic mass is 35.5. The van der Waals surface area contributed by atoms with Crippen LogP contribution in [0, 0.1) is 0 Å². The molecule has 2 aliphatic heterocycles. The minimum atomic E-state index is -3.79. The van der Waals surface area contributed by atoms with Crippen molar-refractivity contribution in [3.63, 3.8) is 0 Å². The Balaban J connectivity index is 1.51. The number of halogens is 1. The molecular formula is C23H24ClN3O5S. The summed E-state index contributed by atoms with van der Waals surface area (Å²) < 4.78 is 27.4. The van der Waals surface area contributed by atoms with Crippen LogP contribution in [-0.2, 0) is 14.8 Å². The second-order valence-corrected chi connectivity index (χ2v) is 10.5. The maximum absolute atomic E-state index is 13.3. The molecule has 0 atom stereocenters. The first-order valence-electron chi connectivity index (χ1n) is 10.7. The fourth-order valence-electron chi connectivity index (χ4n) is 4.14. The van der Waals surface area contributed by atoms with Gasteiger partial charge in [-0.1, -0.05) is 23.7 Å². The van der Waals surface area contributed by atoms with E-state index in [0.717, 1.165) is 6.42 Å². The number of nitrogens with zero attached hydrogens (tertiary/aromatic N) is 3. The molecule has 2 aromatic rings. The van der Waals surface area contributed by atoms with E-state index in [-0.39, 0.29) is 48.7 Å². The largest absolute Gasteiger partial charge is 0.336 e. The van der Waals surface area contributed by atoms with Crippen molar-refractivity contribution in [2.75, 3.05) is 37.6 Å². The van der Waals surface area contributed by atoms with Crippen LogP contribution in [0.5, 0.6) is 0 Å². The van der Waals surface area contributed by atoms with Gasteiger partial charge >= 0.3 is 0 Å². The Bertz CT molecular complexity index is 1220. The number of anilines is 1. The van der Waals surface area contributed by atoms with Crippen LogP contribution in [-0.4, -0.2) is 67.9 Å². The molecule has 4 rings (SSSR count). The highest BCUT2D eigenvalue weighted by molar-refractivity contribution is 7.89. The number of amides is 2. The number of carbonyl (C=O) groups is 3. The van der Waals surface area contributed by atoms with E-state index in [0.29, 0.717) is 34.8 Å². The van der Waals surface area contributed by atoms with E-state index < -0.39 is 10.0 Å². The summed E-state index contributed by atoms with van der Waals surface area (Å²) in [5, 5.41) is 0.435. The van der Waals surface area contributed by atoms with E-state index >= 15 is 0 Å². The van der Waals surface area contributed by atoms with Crippen LogP contribution < -0.4 is 4.90 Å². The van der Waals surface area contributed by atoms with Gasteiger partial charge in [0.15, 0.2) is 5.78 Å². The average Bonchev–Trinajstić information content (AvgIpc) is 3.24. The smallest absolute Gasteiger partial charge is 0.256 e. The number of Topliss-reactive ketones (excluding diaryl/α,β-unsaturated/α-hetero) is 1. The zero-order valence-corrected chi connectivity index (χ0v) is 19.7. The zero-order chi connectivity index (χ0) is 23.8. The summed E-state index contributed by atoms with van der Waals surface area (Å²) in [5.41, 5.74) is 1.20. The first-order valence-corrected chi connectivity index (χ1v) is 12.5. The van der Waals surface area contributed by atoms with Crippen LogP contribution in [0.2, 0.25) is 5.02 Å². The number of piperazine rings is 1. The third kappa shape index (κ3) is 4.66. The second kappa shape index (κ2) is 9.24. The molecule has 2 saturated heterocycles. The van der Waals surface area contributed by atoms with E-state index in [1.54, 1.807) is 40.1 Å². The number of hydrogen-bond acceptors (Lipinski definition) is 5. The normalized spacial score (nSPS) is 17.5. The van der Waals surface area contributed by atoms with Crippen molar-refractivity contribution in [2.24, 2.45) is 0 Å². The van der Waals surface area contributed by atoms with E-state index in [9.17, 15) is 22.8 Å². The molecule has 0 unspecified atom stereocenters. The monoisotopic (exact) mass is 489 g/mol. The predicted molar refractivity (Wildman–Crippen MR) is 124 cm³/mol. The molecule has 0 aromatic heterocycles. The molecule has 10 heteroatoms. The standard InChI is InChI=1S/C23H24ClN3O5S/c1-16(28)17-4-2-5-19(14-17)33(31,32)26-12-10-25(11-13-26)23(30)20-8-7-18(24)15-21(20)27-9-3-6-22(27)29/h2,4-5,7-8,14-15H,3,6,9-13H2,1H3. The van der Waals surface area contributed by atoms with Crippen molar-refractivity contribution in [3.8, 4) is 0 Å². The van der Waals surface area contributed by atoms with Gasteiger partial charge in [-0.05, 0) is 43.7 Å². The lowest BCUT2D eigenvalue weighted by molar-refractivity contribution is -0.117. The molecule has 33 heavy (non-hydrogen) atoms. The topological polar surface area (TPSA) is 95.1 Å². The minimum absolute atomic E-state index is 0.0463. The molecule has 0 spiro atoms. The van der Waals surface area contributed by atoms with Gasteiger partial charge in [-0.15, -0.1) is 0 Å². The van der Waals surface area contributed by atoms with Crippen molar-refractivity contribution in [1.29, 1.82) is 0 Å². The van der Waals surface area contributed by atoms with Crippen LogP contribution >= 0.6 is 11.6 Å². The lowest BCUT2D eigenvalue weighted by atomic mass is 10.1. The Morgan fingerprint density at radius 3 is 2.33 bits per heavy atom. The van der Waals surface area contributed by atoms with Crippen LogP contribution in [0.1, 0.15) is 40.5 Å². The summed E-state index contributed by atoms with van der Waals surface area (Å²) in [6.45, 7) is 2.59. The second-order valence-electron chi connectivity index (χ2n) is 8.09. The molecule has 0 saturated carbocycles. The van der Waals surface area contributed by atoms with Gasteiger partial charge in [-0.2, -0.15) is 4.31 Å². The number of carbonyl (C=O) groups excluding carboxylic acids is 3. The lowest BCUT2D eigenvalue weighted by Crippen LogP contribution is -2.50. The summed E-state index contributed by atoms with van der Waals surface area (Å²) in [6.07, 6.45) is 1.15. The maximum atomic E-state index is 13.3. The van der Waals surface area contributed by atoms with Gasteiger partial charge in [0.1, 0.15) is 0 Å². The predicted octanol–water partition coefficient (Wildman–Crippen LogP) is 2.82.